The van der Waals surface area contributed by atoms with Crippen LogP contribution in [0.25, 0.3) is 0 Å². The number of phenolic OH excluding ortho intramolecular Hbond substituents is 1. The Balaban J connectivity index is 2.03. The van der Waals surface area contributed by atoms with Crippen molar-refractivity contribution < 1.29 is 18.3 Å². The Morgan fingerprint density at radius 3 is 2.11 bits per heavy atom. The number of benzene rings is 1. The summed E-state index contributed by atoms with van der Waals surface area (Å²) in [6, 6.07) is 6.91. The number of aromatic hydroxyl groups is 1. The van der Waals surface area contributed by atoms with Crippen LogP contribution in [0, 0.1) is 0 Å². The van der Waals surface area contributed by atoms with Gasteiger partial charge in [-0.3, -0.25) is 4.90 Å². The Bertz CT molecular complexity index is 413. The normalized spacial score (nSPS) is 21.5. The fourth-order valence-electron chi connectivity index (χ4n) is 2.58. The first kappa shape index (κ1) is 14.2. The quantitative estimate of drug-likeness (QED) is 0.854. The van der Waals surface area contributed by atoms with Crippen molar-refractivity contribution in [3.63, 3.8) is 0 Å². The van der Waals surface area contributed by atoms with Crippen molar-refractivity contribution in [3.05, 3.63) is 29.8 Å². The first-order valence-corrected chi connectivity index (χ1v) is 6.38. The van der Waals surface area contributed by atoms with Gasteiger partial charge in [-0.2, -0.15) is 0 Å². The maximum Gasteiger partial charge on any atom is 0.282 e. The molecule has 0 spiro atoms. The summed E-state index contributed by atoms with van der Waals surface area (Å²) in [7, 11) is 0. The first-order chi connectivity index (χ1) is 8.92. The van der Waals surface area contributed by atoms with E-state index in [0.717, 1.165) is 5.56 Å². The van der Waals surface area contributed by atoms with Crippen LogP contribution >= 0.6 is 0 Å². The number of hydrogen-bond donors (Lipinski definition) is 1. The molecule has 0 aliphatic carbocycles. The lowest BCUT2D eigenvalue weighted by molar-refractivity contribution is -0.0626. The van der Waals surface area contributed by atoms with Gasteiger partial charge in [0.2, 0.25) is 6.30 Å². The van der Waals surface area contributed by atoms with Crippen LogP contribution in [-0.4, -0.2) is 35.8 Å². The van der Waals surface area contributed by atoms with E-state index in [1.165, 1.54) is 4.90 Å². The SMILES string of the molecule is CC1(c2ccc(O)cc2)CCN(C(F)C(F)F)CC1. The molecular weight excluding hydrogens is 255 g/mol. The number of halogens is 3. The summed E-state index contributed by atoms with van der Waals surface area (Å²) in [5.74, 6) is 0.200. The van der Waals surface area contributed by atoms with E-state index in [1.54, 1.807) is 12.1 Å². The van der Waals surface area contributed by atoms with Gasteiger partial charge in [0.25, 0.3) is 6.43 Å². The molecule has 1 aliphatic rings. The largest absolute Gasteiger partial charge is 0.508 e. The van der Waals surface area contributed by atoms with Crippen LogP contribution in [0.3, 0.4) is 0 Å². The summed E-state index contributed by atoms with van der Waals surface area (Å²) in [6.45, 7) is 2.69. The molecule has 1 heterocycles. The van der Waals surface area contributed by atoms with Gasteiger partial charge in [0, 0.05) is 13.1 Å². The molecule has 0 aromatic heterocycles. The highest BCUT2D eigenvalue weighted by Gasteiger charge is 2.36. The number of nitrogens with zero attached hydrogens (tertiary/aromatic N) is 1. The van der Waals surface area contributed by atoms with Gasteiger partial charge in [-0.1, -0.05) is 19.1 Å². The fourth-order valence-corrected chi connectivity index (χ4v) is 2.58. The second-order valence-corrected chi connectivity index (χ2v) is 5.35. The Kier molecular flexibility index (Phi) is 4.04. The molecule has 1 atom stereocenters. The number of rotatable bonds is 3. The minimum atomic E-state index is -2.95. The van der Waals surface area contributed by atoms with Gasteiger partial charge in [0.1, 0.15) is 5.75 Å². The predicted molar refractivity (Wildman–Crippen MR) is 67.2 cm³/mol. The molecule has 0 saturated carbocycles. The van der Waals surface area contributed by atoms with Crippen LogP contribution in [0.15, 0.2) is 24.3 Å². The number of likely N-dealkylation sites (tertiary alicyclic amines) is 1. The fraction of sp³-hybridized carbons (Fsp3) is 0.571. The maximum atomic E-state index is 13.3. The van der Waals surface area contributed by atoms with Crippen molar-refractivity contribution in [2.24, 2.45) is 0 Å². The Hall–Kier alpha value is -1.23. The van der Waals surface area contributed by atoms with Crippen molar-refractivity contribution in [1.82, 2.24) is 4.90 Å². The van der Waals surface area contributed by atoms with E-state index in [4.69, 9.17) is 0 Å². The zero-order chi connectivity index (χ0) is 14.0. The maximum absolute atomic E-state index is 13.3. The minimum Gasteiger partial charge on any atom is -0.508 e. The van der Waals surface area contributed by atoms with Gasteiger partial charge in [-0.05, 0) is 36.0 Å². The van der Waals surface area contributed by atoms with E-state index in [0.29, 0.717) is 25.9 Å². The van der Waals surface area contributed by atoms with Crippen LogP contribution in [0.1, 0.15) is 25.3 Å². The average Bonchev–Trinajstić information content (AvgIpc) is 2.39. The van der Waals surface area contributed by atoms with Crippen molar-refractivity contribution >= 4 is 0 Å². The van der Waals surface area contributed by atoms with E-state index in [-0.39, 0.29) is 11.2 Å². The van der Waals surface area contributed by atoms with E-state index < -0.39 is 12.7 Å². The first-order valence-electron chi connectivity index (χ1n) is 6.38. The third-order valence-corrected chi connectivity index (χ3v) is 4.02. The number of phenols is 1. The summed E-state index contributed by atoms with van der Waals surface area (Å²) in [5.41, 5.74) is 0.906. The third-order valence-electron chi connectivity index (χ3n) is 4.02. The van der Waals surface area contributed by atoms with Crippen LogP contribution in [-0.2, 0) is 5.41 Å². The van der Waals surface area contributed by atoms with Crippen molar-refractivity contribution in [1.29, 1.82) is 0 Å². The smallest absolute Gasteiger partial charge is 0.282 e. The van der Waals surface area contributed by atoms with Gasteiger partial charge >= 0.3 is 0 Å². The summed E-state index contributed by atoms with van der Waals surface area (Å²) < 4.78 is 37.9. The molecule has 0 amide bonds. The lowest BCUT2D eigenvalue weighted by Crippen LogP contribution is -2.46. The standard InChI is InChI=1S/C14H18F3NO/c1-14(10-2-4-11(19)5-3-10)6-8-18(9-7-14)13(17)12(15)16/h2-5,12-13,19H,6-9H2,1H3. The minimum absolute atomic E-state index is 0.147. The number of alkyl halides is 3. The van der Waals surface area contributed by atoms with Gasteiger partial charge in [-0.15, -0.1) is 0 Å². The van der Waals surface area contributed by atoms with Crippen molar-refractivity contribution in [2.45, 2.75) is 37.9 Å². The summed E-state index contributed by atoms with van der Waals surface area (Å²) in [5, 5.41) is 9.27. The van der Waals surface area contributed by atoms with Crippen LogP contribution < -0.4 is 0 Å². The molecule has 5 heteroatoms. The van der Waals surface area contributed by atoms with Gasteiger partial charge in [0.15, 0.2) is 0 Å². The van der Waals surface area contributed by atoms with Crippen LogP contribution in [0.4, 0.5) is 13.2 Å². The predicted octanol–water partition coefficient (Wildman–Crippen LogP) is 3.31. The monoisotopic (exact) mass is 273 g/mol. The van der Waals surface area contributed by atoms with E-state index in [9.17, 15) is 18.3 Å². The highest BCUT2D eigenvalue weighted by Crippen LogP contribution is 2.36. The lowest BCUT2D eigenvalue weighted by Gasteiger charge is -2.40. The molecule has 0 bridgehead atoms. The molecule has 1 aromatic rings. The Morgan fingerprint density at radius 2 is 1.63 bits per heavy atom. The zero-order valence-electron chi connectivity index (χ0n) is 10.8. The van der Waals surface area contributed by atoms with Crippen molar-refractivity contribution in [2.75, 3.05) is 13.1 Å². The highest BCUT2D eigenvalue weighted by atomic mass is 19.3. The van der Waals surface area contributed by atoms with Gasteiger partial charge < -0.3 is 5.11 Å². The molecule has 1 unspecified atom stereocenters. The van der Waals surface area contributed by atoms with Gasteiger partial charge in [0.05, 0.1) is 0 Å². The molecule has 2 rings (SSSR count). The Morgan fingerprint density at radius 1 is 1.11 bits per heavy atom. The molecule has 19 heavy (non-hydrogen) atoms. The highest BCUT2D eigenvalue weighted by molar-refractivity contribution is 5.31. The van der Waals surface area contributed by atoms with E-state index >= 15 is 0 Å². The molecule has 1 N–H and O–H groups in total. The van der Waals surface area contributed by atoms with Crippen LogP contribution in [0.2, 0.25) is 0 Å². The van der Waals surface area contributed by atoms with Crippen molar-refractivity contribution in [3.8, 4) is 5.75 Å². The van der Waals surface area contributed by atoms with E-state index in [1.807, 2.05) is 19.1 Å². The molecule has 1 aliphatic heterocycles. The molecule has 106 valence electrons. The molecule has 1 saturated heterocycles. The summed E-state index contributed by atoms with van der Waals surface area (Å²) in [4.78, 5) is 1.20. The molecule has 1 fully saturated rings. The third kappa shape index (κ3) is 3.03. The number of piperidine rings is 1. The van der Waals surface area contributed by atoms with E-state index in [2.05, 4.69) is 0 Å². The molecule has 1 aromatic carbocycles. The topological polar surface area (TPSA) is 23.5 Å². The second-order valence-electron chi connectivity index (χ2n) is 5.35. The molecule has 0 radical (unpaired) electrons. The second kappa shape index (κ2) is 5.41. The number of hydrogen-bond acceptors (Lipinski definition) is 2. The zero-order valence-corrected chi connectivity index (χ0v) is 10.8. The van der Waals surface area contributed by atoms with Crippen LogP contribution in [0.5, 0.6) is 5.75 Å². The molecule has 2 nitrogen and oxygen atoms in total. The van der Waals surface area contributed by atoms with Gasteiger partial charge in [-0.25, -0.2) is 13.2 Å². The molecular formula is C14H18F3NO. The summed E-state index contributed by atoms with van der Waals surface area (Å²) in [6.07, 6.45) is -3.85. The summed E-state index contributed by atoms with van der Waals surface area (Å²) >= 11 is 0. The lowest BCUT2D eigenvalue weighted by atomic mass is 9.74. The average molecular weight is 273 g/mol. The Labute approximate surface area is 110 Å².